The second kappa shape index (κ2) is 26.0. The van der Waals surface area contributed by atoms with Crippen molar-refractivity contribution >= 4 is 11.8 Å². The van der Waals surface area contributed by atoms with E-state index in [1.807, 2.05) is 0 Å². The standard InChI is InChI=1S/C40H68N2O31/c1-9(48)41-17-23(54)32(16(64-35(17)62)8-63-37-28(59)25(56)19(50)11(3-43)65-37)70-36-18(42-10(2)49)24(55)31(15(7-47)69-36)71-39-30(61)33(22(53)14(6-46)67-39)72-40-34(27(58)21(52)13(5-45)68-40)73-38-29(60)26(57)20(51)12(4-44)66-38/h11-40,43-47,50-62H,3-8H2,1-2H3,(H,41,48)(H,42,49)/t11-,12-,13-,14-,15-,16-,17-,18-,19-,20-,21-,22-,23-,24-,25+,26+,27+,28+,29+,30+,31-,32-,33+,34+,35-,36+,37+,38+,39+,40-/m1/s1. The maximum atomic E-state index is 12.7. The van der Waals surface area contributed by atoms with Crippen molar-refractivity contribution in [2.45, 2.75) is 198 Å². The monoisotopic (exact) mass is 1070 g/mol. The van der Waals surface area contributed by atoms with Crippen molar-refractivity contribution in [1.29, 1.82) is 0 Å². The summed E-state index contributed by atoms with van der Waals surface area (Å²) < 4.78 is 62.7. The number of ether oxygens (including phenoxy) is 11. The minimum Gasteiger partial charge on any atom is -0.394 e. The van der Waals surface area contributed by atoms with Crippen molar-refractivity contribution in [2.75, 3.05) is 39.6 Å². The molecule has 0 unspecified atom stereocenters. The minimum atomic E-state index is -2.25. The topological polar surface area (TPSA) is 524 Å². The average Bonchev–Trinajstić information content (AvgIpc) is 3.35. The molecule has 6 aliphatic heterocycles. The van der Waals surface area contributed by atoms with Crippen molar-refractivity contribution in [1.82, 2.24) is 10.6 Å². The highest BCUT2D eigenvalue weighted by Crippen LogP contribution is 2.36. The molecule has 0 aromatic heterocycles. The van der Waals surface area contributed by atoms with Crippen LogP contribution in [0, 0.1) is 0 Å². The Balaban J connectivity index is 1.23. The second-order valence-corrected chi connectivity index (χ2v) is 18.3. The summed E-state index contributed by atoms with van der Waals surface area (Å²) in [4.78, 5) is 24.8. The number of hydrogen-bond acceptors (Lipinski definition) is 31. The summed E-state index contributed by atoms with van der Waals surface area (Å²) in [6, 6.07) is -3.43. The number of rotatable bonds is 18. The van der Waals surface area contributed by atoms with Gasteiger partial charge in [-0.15, -0.1) is 0 Å². The average molecular weight is 1070 g/mol. The number of carbonyl (C=O) groups is 2. The van der Waals surface area contributed by atoms with E-state index >= 15 is 0 Å². The lowest BCUT2D eigenvalue weighted by atomic mass is 9.93. The molecule has 424 valence electrons. The normalized spacial score (nSPS) is 49.8. The van der Waals surface area contributed by atoms with E-state index in [1.165, 1.54) is 0 Å². The van der Waals surface area contributed by atoms with Crippen LogP contribution in [-0.4, -0.2) is 327 Å². The van der Waals surface area contributed by atoms with Gasteiger partial charge in [-0.2, -0.15) is 0 Å². The van der Waals surface area contributed by atoms with Gasteiger partial charge in [0, 0.05) is 13.8 Å². The van der Waals surface area contributed by atoms with Crippen LogP contribution >= 0.6 is 0 Å². The number of amides is 2. The smallest absolute Gasteiger partial charge is 0.217 e. The highest BCUT2D eigenvalue weighted by Gasteiger charge is 2.58. The number of nitrogens with one attached hydrogen (secondary N) is 2. The fourth-order valence-electron chi connectivity index (χ4n) is 9.20. The van der Waals surface area contributed by atoms with Crippen LogP contribution in [0.5, 0.6) is 0 Å². The fourth-order valence-corrected chi connectivity index (χ4v) is 9.20. The number of carbonyl (C=O) groups excluding carboxylic acids is 2. The third-order valence-electron chi connectivity index (χ3n) is 13.2. The molecule has 0 aliphatic carbocycles. The van der Waals surface area contributed by atoms with Gasteiger partial charge in [0.15, 0.2) is 37.7 Å². The Kier molecular flexibility index (Phi) is 21.3. The first-order valence-electron chi connectivity index (χ1n) is 23.1. The van der Waals surface area contributed by atoms with Gasteiger partial charge in [-0.3, -0.25) is 9.59 Å². The Morgan fingerprint density at radius 2 is 0.740 bits per heavy atom. The van der Waals surface area contributed by atoms with Crippen LogP contribution in [0.3, 0.4) is 0 Å². The quantitative estimate of drug-likeness (QED) is 0.0606. The molecule has 6 heterocycles. The van der Waals surface area contributed by atoms with E-state index < -0.39 is 236 Å². The molecule has 33 nitrogen and oxygen atoms in total. The van der Waals surface area contributed by atoms with Crippen molar-refractivity contribution in [3.63, 3.8) is 0 Å². The highest BCUT2D eigenvalue weighted by molar-refractivity contribution is 5.73. The van der Waals surface area contributed by atoms with Crippen molar-refractivity contribution in [2.24, 2.45) is 0 Å². The van der Waals surface area contributed by atoms with E-state index in [2.05, 4.69) is 10.6 Å². The van der Waals surface area contributed by atoms with E-state index in [1.54, 1.807) is 0 Å². The predicted molar refractivity (Wildman–Crippen MR) is 222 cm³/mol. The molecule has 20 N–H and O–H groups in total. The summed E-state index contributed by atoms with van der Waals surface area (Å²) in [6.45, 7) is -3.57. The van der Waals surface area contributed by atoms with Crippen LogP contribution < -0.4 is 10.6 Å². The van der Waals surface area contributed by atoms with Gasteiger partial charge in [0.1, 0.15) is 146 Å². The van der Waals surface area contributed by atoms with Gasteiger partial charge in [-0.05, 0) is 0 Å². The van der Waals surface area contributed by atoms with Gasteiger partial charge in [0.2, 0.25) is 11.8 Å². The van der Waals surface area contributed by atoms with E-state index in [0.717, 1.165) is 13.8 Å². The van der Waals surface area contributed by atoms with E-state index in [-0.39, 0.29) is 0 Å². The molecule has 2 amide bonds. The lowest BCUT2D eigenvalue weighted by molar-refractivity contribution is -0.396. The zero-order valence-electron chi connectivity index (χ0n) is 38.9. The summed E-state index contributed by atoms with van der Waals surface area (Å²) in [6.07, 6.45) is -53.3. The van der Waals surface area contributed by atoms with Crippen LogP contribution in [-0.2, 0) is 61.7 Å². The van der Waals surface area contributed by atoms with Crippen LogP contribution in [0.15, 0.2) is 0 Å². The van der Waals surface area contributed by atoms with Crippen LogP contribution in [0.1, 0.15) is 13.8 Å². The first kappa shape index (κ1) is 60.0. The molecule has 0 aromatic rings. The molecule has 6 saturated heterocycles. The van der Waals surface area contributed by atoms with E-state index in [9.17, 15) is 102 Å². The zero-order chi connectivity index (χ0) is 53.9. The third-order valence-corrected chi connectivity index (χ3v) is 13.2. The lowest BCUT2D eigenvalue weighted by Gasteiger charge is -2.50. The molecule has 0 radical (unpaired) electrons. The molecule has 6 fully saturated rings. The summed E-state index contributed by atoms with van der Waals surface area (Å²) in [5.74, 6) is -1.62. The Hall–Kier alpha value is -2.22. The molecule has 0 bridgehead atoms. The molecular formula is C40H68N2O31. The largest absolute Gasteiger partial charge is 0.394 e. The second-order valence-electron chi connectivity index (χ2n) is 18.3. The summed E-state index contributed by atoms with van der Waals surface area (Å²) >= 11 is 0. The van der Waals surface area contributed by atoms with Crippen molar-refractivity contribution in [3.8, 4) is 0 Å². The van der Waals surface area contributed by atoms with Gasteiger partial charge >= 0.3 is 0 Å². The maximum Gasteiger partial charge on any atom is 0.217 e. The predicted octanol–water partition coefficient (Wildman–Crippen LogP) is -13.8. The van der Waals surface area contributed by atoms with Gasteiger partial charge < -0.3 is 155 Å². The first-order chi connectivity index (χ1) is 34.5. The number of aliphatic hydroxyl groups is 18. The van der Waals surface area contributed by atoms with Crippen LogP contribution in [0.4, 0.5) is 0 Å². The lowest BCUT2D eigenvalue weighted by Crippen LogP contribution is -2.70. The molecule has 30 atom stereocenters. The molecule has 33 heteroatoms. The van der Waals surface area contributed by atoms with Gasteiger partial charge in [-0.1, -0.05) is 0 Å². The number of aliphatic hydroxyl groups excluding tert-OH is 18. The molecule has 6 rings (SSSR count). The summed E-state index contributed by atoms with van der Waals surface area (Å²) in [5, 5.41) is 196. The minimum absolute atomic E-state index is 0.767. The van der Waals surface area contributed by atoms with Crippen LogP contribution in [0.2, 0.25) is 0 Å². The fraction of sp³-hybridized carbons (Fsp3) is 0.950. The molecular weight excluding hydrogens is 1000 g/mol. The SMILES string of the molecule is CC(=O)N[C@@H]1[C@@H](O)[C@H](O[C@@H]2O[C@H](CO)[C@@H](O[C@@H]3O[C@H](CO)[C@@H](O)[C@H](O[C@H]4O[C@H](CO)[C@@H](O)[C@H](O)[C@@H]4O[C@@H]4O[C@H](CO)[C@@H](O)[C@H](O)[C@@H]4O)[C@@H]3O)[C@H](O)[C@H]2NC(C)=O)[C@@H](CO[C@H]2O[C@H](CO)[C@@H](O)[C@H](O)[C@@H]2O)O[C@H]1O. The number of hydrogen-bond donors (Lipinski definition) is 20. The maximum absolute atomic E-state index is 12.7. The van der Waals surface area contributed by atoms with Crippen LogP contribution in [0.25, 0.3) is 0 Å². The Morgan fingerprint density at radius 1 is 0.356 bits per heavy atom. The van der Waals surface area contributed by atoms with Crippen molar-refractivity contribution in [3.05, 3.63) is 0 Å². The zero-order valence-corrected chi connectivity index (χ0v) is 38.9. The Morgan fingerprint density at radius 3 is 1.27 bits per heavy atom. The van der Waals surface area contributed by atoms with Gasteiger partial charge in [0.25, 0.3) is 0 Å². The Bertz CT molecular complexity index is 1750. The molecule has 0 saturated carbocycles. The molecule has 0 spiro atoms. The van der Waals surface area contributed by atoms with Gasteiger partial charge in [-0.25, -0.2) is 0 Å². The molecule has 6 aliphatic rings. The third kappa shape index (κ3) is 13.0. The molecule has 0 aromatic carbocycles. The van der Waals surface area contributed by atoms with E-state index in [4.69, 9.17) is 52.1 Å². The van der Waals surface area contributed by atoms with Crippen molar-refractivity contribution < 1.29 is 154 Å². The van der Waals surface area contributed by atoms with Gasteiger partial charge in [0.05, 0.1) is 39.6 Å². The Labute approximate surface area is 413 Å². The highest BCUT2D eigenvalue weighted by atomic mass is 16.8. The summed E-state index contributed by atoms with van der Waals surface area (Å²) in [5.41, 5.74) is 0. The van der Waals surface area contributed by atoms with E-state index in [0.29, 0.717) is 0 Å². The molecule has 73 heavy (non-hydrogen) atoms. The first-order valence-corrected chi connectivity index (χ1v) is 23.1. The summed E-state index contributed by atoms with van der Waals surface area (Å²) in [7, 11) is 0.